The molecule has 4 aromatic rings. The lowest BCUT2D eigenvalue weighted by Crippen LogP contribution is -2.40. The number of rotatable bonds is 6. The summed E-state index contributed by atoms with van der Waals surface area (Å²) < 4.78 is 33.0. The predicted molar refractivity (Wildman–Crippen MR) is 134 cm³/mol. The van der Waals surface area contributed by atoms with Crippen molar-refractivity contribution < 1.29 is 13.2 Å². The van der Waals surface area contributed by atoms with E-state index in [1.165, 1.54) is 15.6 Å². The van der Waals surface area contributed by atoms with Gasteiger partial charge in [-0.1, -0.05) is 36.4 Å². The van der Waals surface area contributed by atoms with E-state index in [0.717, 1.165) is 11.1 Å². The first-order chi connectivity index (χ1) is 16.4. The maximum Gasteiger partial charge on any atom is 0.260 e. The average Bonchev–Trinajstić information content (AvgIpc) is 3.29. The molecular formula is C24H24N4O4S2. The molecule has 1 fully saturated rings. The molecule has 34 heavy (non-hydrogen) atoms. The summed E-state index contributed by atoms with van der Waals surface area (Å²) in [7, 11) is -3.62. The molecule has 176 valence electrons. The number of benzene rings is 2. The van der Waals surface area contributed by atoms with E-state index in [9.17, 15) is 13.2 Å². The summed E-state index contributed by atoms with van der Waals surface area (Å²) >= 11 is 1.43. The molecule has 5 rings (SSSR count). The van der Waals surface area contributed by atoms with Gasteiger partial charge in [-0.2, -0.15) is 4.31 Å². The molecule has 3 heterocycles. The number of hydrogen-bond acceptors (Lipinski definition) is 7. The normalized spacial score (nSPS) is 15.0. The number of sulfonamides is 1. The molecule has 0 bridgehead atoms. The number of aryl methyl sites for hydroxylation is 1. The number of anilines is 1. The molecule has 1 saturated heterocycles. The monoisotopic (exact) mass is 496 g/mol. The molecule has 0 saturated carbocycles. The van der Waals surface area contributed by atoms with Gasteiger partial charge in [0.05, 0.1) is 30.0 Å². The zero-order valence-corrected chi connectivity index (χ0v) is 20.2. The van der Waals surface area contributed by atoms with Crippen LogP contribution in [0.1, 0.15) is 11.4 Å². The van der Waals surface area contributed by atoms with Gasteiger partial charge in [0.2, 0.25) is 10.0 Å². The van der Waals surface area contributed by atoms with Crippen molar-refractivity contribution in [1.82, 2.24) is 14.3 Å². The molecule has 10 heteroatoms. The summed E-state index contributed by atoms with van der Waals surface area (Å²) in [4.78, 5) is 21.3. The van der Waals surface area contributed by atoms with Crippen LogP contribution in [0.25, 0.3) is 21.3 Å². The number of nitrogens with zero attached hydrogens (tertiary/aromatic N) is 2. The summed E-state index contributed by atoms with van der Waals surface area (Å²) in [5.74, 6) is 0.483. The molecule has 0 radical (unpaired) electrons. The van der Waals surface area contributed by atoms with E-state index in [-0.39, 0.29) is 17.0 Å². The maximum atomic E-state index is 13.1. The first kappa shape index (κ1) is 22.7. The molecule has 8 nitrogen and oxygen atoms in total. The molecule has 1 aliphatic rings. The molecule has 2 aromatic carbocycles. The van der Waals surface area contributed by atoms with E-state index in [1.54, 1.807) is 19.1 Å². The average molecular weight is 497 g/mol. The number of morpholine rings is 1. The summed E-state index contributed by atoms with van der Waals surface area (Å²) in [6.07, 6.45) is 0. The van der Waals surface area contributed by atoms with E-state index >= 15 is 0 Å². The predicted octanol–water partition coefficient (Wildman–Crippen LogP) is 3.59. The highest BCUT2D eigenvalue weighted by Gasteiger charge is 2.28. The third-order valence-corrected chi connectivity index (χ3v) is 8.73. The third kappa shape index (κ3) is 4.37. The molecule has 2 aromatic heterocycles. The first-order valence-electron chi connectivity index (χ1n) is 10.9. The van der Waals surface area contributed by atoms with Crippen molar-refractivity contribution in [2.75, 3.05) is 31.6 Å². The Kier molecular flexibility index (Phi) is 6.22. The molecule has 0 amide bonds. The van der Waals surface area contributed by atoms with E-state index < -0.39 is 10.0 Å². The smallest absolute Gasteiger partial charge is 0.260 e. The van der Waals surface area contributed by atoms with Crippen LogP contribution in [-0.2, 0) is 21.3 Å². The van der Waals surface area contributed by atoms with E-state index in [2.05, 4.69) is 15.3 Å². The Labute approximate surface area is 201 Å². The van der Waals surface area contributed by atoms with Crippen molar-refractivity contribution in [2.24, 2.45) is 0 Å². The molecule has 0 unspecified atom stereocenters. The number of thiophene rings is 1. The van der Waals surface area contributed by atoms with Crippen molar-refractivity contribution in [3.8, 4) is 11.1 Å². The fraction of sp³-hybridized carbons (Fsp3) is 0.250. The highest BCUT2D eigenvalue weighted by molar-refractivity contribution is 7.89. The van der Waals surface area contributed by atoms with Gasteiger partial charge < -0.3 is 15.0 Å². The second-order valence-electron chi connectivity index (χ2n) is 8.06. The zero-order chi connectivity index (χ0) is 23.7. The number of aromatic nitrogens is 2. The summed E-state index contributed by atoms with van der Waals surface area (Å²) in [6, 6.07) is 15.0. The van der Waals surface area contributed by atoms with Crippen molar-refractivity contribution in [1.29, 1.82) is 0 Å². The highest BCUT2D eigenvalue weighted by Crippen LogP contribution is 2.30. The number of ether oxygens (including phenoxy) is 1. The summed E-state index contributed by atoms with van der Waals surface area (Å²) in [6.45, 7) is 3.51. The van der Waals surface area contributed by atoms with Crippen LogP contribution in [0.3, 0.4) is 0 Å². The fourth-order valence-electron chi connectivity index (χ4n) is 4.01. The molecular weight excluding hydrogens is 472 g/mol. The molecule has 0 aliphatic carbocycles. The van der Waals surface area contributed by atoms with Crippen LogP contribution in [-0.4, -0.2) is 49.0 Å². The Bertz CT molecular complexity index is 1490. The van der Waals surface area contributed by atoms with Crippen LogP contribution in [0.4, 0.5) is 5.69 Å². The number of nitrogens with one attached hydrogen (secondary N) is 2. The molecule has 1 aliphatic heterocycles. The van der Waals surface area contributed by atoms with E-state index in [1.807, 2.05) is 41.8 Å². The van der Waals surface area contributed by atoms with Gasteiger partial charge in [-0.15, -0.1) is 11.3 Å². The molecule has 0 atom stereocenters. The van der Waals surface area contributed by atoms with Crippen LogP contribution in [0.2, 0.25) is 0 Å². The van der Waals surface area contributed by atoms with Crippen molar-refractivity contribution >= 4 is 37.3 Å². The van der Waals surface area contributed by atoms with Crippen molar-refractivity contribution in [3.05, 3.63) is 75.7 Å². The van der Waals surface area contributed by atoms with Crippen LogP contribution in [0, 0.1) is 6.92 Å². The zero-order valence-electron chi connectivity index (χ0n) is 18.6. The van der Waals surface area contributed by atoms with E-state index in [0.29, 0.717) is 53.6 Å². The standard InChI is InChI=1S/C24H24N4O4S2/c1-16-7-8-18(13-20(16)34(30,31)28-9-11-32-12-10-28)25-14-21-26-23(29)22-19(15-33-24(22)27-21)17-5-3-2-4-6-17/h2-8,13,15,25H,9-12,14H2,1H3,(H,26,27,29). The Morgan fingerprint density at radius 1 is 1.15 bits per heavy atom. The van der Waals surface area contributed by atoms with Gasteiger partial charge in [0.25, 0.3) is 5.56 Å². The summed E-state index contributed by atoms with van der Waals surface area (Å²) in [5.41, 5.74) is 2.96. The Hall–Kier alpha value is -3.05. The van der Waals surface area contributed by atoms with Gasteiger partial charge in [-0.25, -0.2) is 13.4 Å². The van der Waals surface area contributed by atoms with Gasteiger partial charge in [-0.3, -0.25) is 4.79 Å². The van der Waals surface area contributed by atoms with Gasteiger partial charge in [-0.05, 0) is 30.2 Å². The lowest BCUT2D eigenvalue weighted by Gasteiger charge is -2.27. The van der Waals surface area contributed by atoms with Gasteiger partial charge in [0.1, 0.15) is 10.7 Å². The minimum absolute atomic E-state index is 0.193. The topological polar surface area (TPSA) is 104 Å². The second-order valence-corrected chi connectivity index (χ2v) is 10.8. The van der Waals surface area contributed by atoms with Crippen LogP contribution in [0.15, 0.2) is 63.6 Å². The number of aromatic amines is 1. The van der Waals surface area contributed by atoms with Crippen molar-refractivity contribution in [3.63, 3.8) is 0 Å². The third-order valence-electron chi connectivity index (χ3n) is 5.81. The molecule has 2 N–H and O–H groups in total. The summed E-state index contributed by atoms with van der Waals surface area (Å²) in [5, 5.41) is 5.72. The quantitative estimate of drug-likeness (QED) is 0.423. The second kappa shape index (κ2) is 9.30. The van der Waals surface area contributed by atoms with Crippen LogP contribution >= 0.6 is 11.3 Å². The van der Waals surface area contributed by atoms with Crippen LogP contribution in [0.5, 0.6) is 0 Å². The Morgan fingerprint density at radius 2 is 1.91 bits per heavy atom. The van der Waals surface area contributed by atoms with E-state index in [4.69, 9.17) is 4.74 Å². The lowest BCUT2D eigenvalue weighted by atomic mass is 10.1. The lowest BCUT2D eigenvalue weighted by molar-refractivity contribution is 0.0730. The van der Waals surface area contributed by atoms with Crippen molar-refractivity contribution in [2.45, 2.75) is 18.4 Å². The Morgan fingerprint density at radius 3 is 2.68 bits per heavy atom. The minimum Gasteiger partial charge on any atom is -0.379 e. The van der Waals surface area contributed by atoms with Gasteiger partial charge in [0.15, 0.2) is 0 Å². The fourth-order valence-corrected chi connectivity index (χ4v) is 6.63. The number of fused-ring (bicyclic) bond motifs is 1. The highest BCUT2D eigenvalue weighted by atomic mass is 32.2. The minimum atomic E-state index is -3.62. The van der Waals surface area contributed by atoms with Gasteiger partial charge >= 0.3 is 0 Å². The Balaban J connectivity index is 1.39. The number of H-pyrrole nitrogens is 1. The van der Waals surface area contributed by atoms with Crippen LogP contribution < -0.4 is 10.9 Å². The SMILES string of the molecule is Cc1ccc(NCc2nc3scc(-c4ccccc4)c3c(=O)[nH]2)cc1S(=O)(=O)N1CCOCC1. The maximum absolute atomic E-state index is 13.1. The molecule has 0 spiro atoms. The van der Waals surface area contributed by atoms with Gasteiger partial charge in [0, 0.05) is 29.7 Å². The first-order valence-corrected chi connectivity index (χ1v) is 13.2. The largest absolute Gasteiger partial charge is 0.379 e. The number of hydrogen-bond donors (Lipinski definition) is 2.